The van der Waals surface area contributed by atoms with Gasteiger partial charge in [0.1, 0.15) is 5.75 Å². The van der Waals surface area contributed by atoms with Gasteiger partial charge in [0.2, 0.25) is 0 Å². The number of hydrogen-bond acceptors (Lipinski definition) is 9. The number of carbonyl (C=O) groups is 4. The lowest BCUT2D eigenvalue weighted by Gasteiger charge is -2.28. The number of rotatable bonds is 10. The van der Waals surface area contributed by atoms with Crippen LogP contribution in [0.2, 0.25) is 0 Å². The Morgan fingerprint density at radius 1 is 1.13 bits per heavy atom. The Morgan fingerprint density at radius 2 is 1.87 bits per heavy atom. The highest BCUT2D eigenvalue weighted by atomic mass is 79.9. The molecule has 0 saturated carbocycles. The maximum atomic E-state index is 12.5. The molecule has 2 aromatic rings. The highest BCUT2D eigenvalue weighted by Crippen LogP contribution is 2.34. The van der Waals surface area contributed by atoms with Gasteiger partial charge in [-0.3, -0.25) is 9.59 Å². The van der Waals surface area contributed by atoms with E-state index in [0.717, 1.165) is 0 Å². The molecule has 206 valence electrons. The van der Waals surface area contributed by atoms with E-state index in [4.69, 9.17) is 18.9 Å². The lowest BCUT2D eigenvalue weighted by Crippen LogP contribution is -2.45. The summed E-state index contributed by atoms with van der Waals surface area (Å²) in [4.78, 5) is 48.0. The van der Waals surface area contributed by atoms with E-state index in [9.17, 15) is 19.2 Å². The van der Waals surface area contributed by atoms with Gasteiger partial charge in [-0.15, -0.1) is 0 Å². The predicted molar refractivity (Wildman–Crippen MR) is 143 cm³/mol. The number of methoxy groups -OCH3 is 1. The van der Waals surface area contributed by atoms with Crippen LogP contribution in [-0.2, 0) is 19.1 Å². The zero-order valence-electron chi connectivity index (χ0n) is 21.6. The summed E-state index contributed by atoms with van der Waals surface area (Å²) in [6, 6.07) is 8.51. The molecule has 3 N–H and O–H groups in total. The number of halogens is 1. The molecule has 3 rings (SSSR count). The summed E-state index contributed by atoms with van der Waals surface area (Å²) in [6.07, 6.45) is 1.42. The van der Waals surface area contributed by atoms with Gasteiger partial charge >= 0.3 is 18.0 Å². The molecule has 0 spiro atoms. The molecule has 13 heteroatoms. The van der Waals surface area contributed by atoms with Crippen LogP contribution >= 0.6 is 15.9 Å². The van der Waals surface area contributed by atoms with Gasteiger partial charge in [-0.25, -0.2) is 15.0 Å². The zero-order chi connectivity index (χ0) is 28.5. The Morgan fingerprint density at radius 3 is 2.54 bits per heavy atom. The topological polar surface area (TPSA) is 154 Å². The van der Waals surface area contributed by atoms with Crippen LogP contribution in [0.3, 0.4) is 0 Å². The van der Waals surface area contributed by atoms with Crippen molar-refractivity contribution in [2.75, 3.05) is 20.3 Å². The van der Waals surface area contributed by atoms with E-state index in [1.165, 1.54) is 20.2 Å². The van der Waals surface area contributed by atoms with Gasteiger partial charge in [-0.05, 0) is 71.2 Å². The Bertz CT molecular complexity index is 1340. The Labute approximate surface area is 232 Å². The molecule has 0 fully saturated rings. The molecular formula is C26H27BrN4O8. The first-order valence-corrected chi connectivity index (χ1v) is 12.5. The molecule has 1 atom stereocenters. The molecule has 1 aliphatic heterocycles. The van der Waals surface area contributed by atoms with Gasteiger partial charge in [0.05, 0.1) is 36.0 Å². The van der Waals surface area contributed by atoms with E-state index < -0.39 is 29.9 Å². The lowest BCUT2D eigenvalue weighted by atomic mass is 9.95. The lowest BCUT2D eigenvalue weighted by molar-refractivity contribution is -0.139. The van der Waals surface area contributed by atoms with Gasteiger partial charge in [-0.1, -0.05) is 6.07 Å². The van der Waals surface area contributed by atoms with Crippen LogP contribution < -0.4 is 30.3 Å². The van der Waals surface area contributed by atoms with Crippen LogP contribution in [0.1, 0.15) is 37.9 Å². The zero-order valence-corrected chi connectivity index (χ0v) is 23.2. The first kappa shape index (κ1) is 29.2. The number of carbonyl (C=O) groups excluding carboxylic acids is 4. The second-order valence-corrected chi connectivity index (χ2v) is 8.92. The van der Waals surface area contributed by atoms with Gasteiger partial charge in [0, 0.05) is 12.6 Å². The third-order valence-corrected chi connectivity index (χ3v) is 5.88. The van der Waals surface area contributed by atoms with E-state index in [0.29, 0.717) is 27.0 Å². The summed E-state index contributed by atoms with van der Waals surface area (Å²) < 4.78 is 21.7. The van der Waals surface area contributed by atoms with E-state index in [-0.39, 0.29) is 30.3 Å². The molecule has 2 aromatic carbocycles. The molecular weight excluding hydrogens is 576 g/mol. The predicted octanol–water partition coefficient (Wildman–Crippen LogP) is 3.10. The van der Waals surface area contributed by atoms with Crippen molar-refractivity contribution in [3.63, 3.8) is 0 Å². The molecule has 0 bridgehead atoms. The molecule has 3 amide bonds. The molecule has 12 nitrogen and oxygen atoms in total. The number of benzene rings is 2. The van der Waals surface area contributed by atoms with Crippen LogP contribution in [0.5, 0.6) is 17.2 Å². The van der Waals surface area contributed by atoms with Crippen molar-refractivity contribution in [3.05, 3.63) is 63.3 Å². The molecule has 1 heterocycles. The average Bonchev–Trinajstić information content (AvgIpc) is 2.88. The second kappa shape index (κ2) is 13.4. The summed E-state index contributed by atoms with van der Waals surface area (Å²) in [7, 11) is 1.43. The minimum atomic E-state index is -0.776. The van der Waals surface area contributed by atoms with Crippen molar-refractivity contribution in [1.29, 1.82) is 0 Å². The first-order valence-electron chi connectivity index (χ1n) is 11.7. The van der Waals surface area contributed by atoms with Gasteiger partial charge in [0.25, 0.3) is 5.91 Å². The fourth-order valence-electron chi connectivity index (χ4n) is 3.60. The maximum Gasteiger partial charge on any atom is 0.338 e. The molecule has 0 aromatic heterocycles. The Balaban J connectivity index is 1.65. The number of amides is 3. The third-order valence-electron chi connectivity index (χ3n) is 5.26. The normalized spacial score (nSPS) is 14.8. The van der Waals surface area contributed by atoms with Crippen molar-refractivity contribution in [3.8, 4) is 17.2 Å². The van der Waals surface area contributed by atoms with Gasteiger partial charge in [0.15, 0.2) is 18.1 Å². The quantitative estimate of drug-likeness (QED) is 0.162. The largest absolute Gasteiger partial charge is 0.493 e. The minimum absolute atomic E-state index is 0.179. The van der Waals surface area contributed by atoms with E-state index >= 15 is 0 Å². The number of nitrogens with one attached hydrogen (secondary N) is 3. The molecule has 1 aliphatic rings. The van der Waals surface area contributed by atoms with Crippen LogP contribution in [-0.4, -0.2) is 50.4 Å². The number of allylic oxidation sites excluding steroid dienone is 1. The first-order chi connectivity index (χ1) is 18.6. The van der Waals surface area contributed by atoms with Crippen LogP contribution in [0.15, 0.2) is 57.2 Å². The van der Waals surface area contributed by atoms with Crippen molar-refractivity contribution >= 4 is 46.0 Å². The molecule has 0 saturated heterocycles. The van der Waals surface area contributed by atoms with E-state index in [1.54, 1.807) is 50.2 Å². The maximum absolute atomic E-state index is 12.5. The molecule has 0 aliphatic carbocycles. The van der Waals surface area contributed by atoms with E-state index in [1.807, 2.05) is 0 Å². The van der Waals surface area contributed by atoms with Crippen LogP contribution in [0.25, 0.3) is 0 Å². The standard InChI is InChI=1S/C26H27BrN4O8/c1-5-37-25(34)23-14(2)29-26(35)30-24(23)17-7-9-20(21(11-17)36-4)38-13-22(33)31-28-12-16-6-8-19(18(27)10-16)39-15(3)32/h6-12,24H,5,13H2,1-4H3,(H,31,33)(H2,29,30,35)/b28-12+/t24-/m1/s1. The number of urea groups is 1. The SMILES string of the molecule is CCOC(=O)C1=C(C)NC(=O)N[C@@H]1c1ccc(OCC(=O)N/N=C/c2ccc(OC(C)=O)c(Br)c2)c(OC)c1. The number of hydrogen-bond donors (Lipinski definition) is 3. The van der Waals surface area contributed by atoms with Gasteiger partial charge in [-0.2, -0.15) is 5.10 Å². The number of ether oxygens (including phenoxy) is 4. The minimum Gasteiger partial charge on any atom is -0.493 e. The summed E-state index contributed by atoms with van der Waals surface area (Å²) in [6.45, 7) is 4.43. The van der Waals surface area contributed by atoms with Crippen molar-refractivity contribution < 1.29 is 38.1 Å². The number of esters is 2. The van der Waals surface area contributed by atoms with Crippen molar-refractivity contribution in [2.24, 2.45) is 5.10 Å². The summed E-state index contributed by atoms with van der Waals surface area (Å²) in [5.41, 5.74) is 4.20. The second-order valence-electron chi connectivity index (χ2n) is 8.07. The highest BCUT2D eigenvalue weighted by Gasteiger charge is 2.32. The summed E-state index contributed by atoms with van der Waals surface area (Å²) in [5.74, 6) is -0.609. The molecule has 0 unspecified atom stereocenters. The molecule has 39 heavy (non-hydrogen) atoms. The fraction of sp³-hybridized carbons (Fsp3) is 0.269. The summed E-state index contributed by atoms with van der Waals surface area (Å²) in [5, 5.41) is 9.19. The van der Waals surface area contributed by atoms with Gasteiger partial charge < -0.3 is 29.6 Å². The third kappa shape index (κ3) is 7.80. The van der Waals surface area contributed by atoms with Crippen molar-refractivity contribution in [1.82, 2.24) is 16.1 Å². The van der Waals surface area contributed by atoms with E-state index in [2.05, 4.69) is 37.1 Å². The van der Waals surface area contributed by atoms with Crippen LogP contribution in [0.4, 0.5) is 4.79 Å². The average molecular weight is 603 g/mol. The summed E-state index contributed by atoms with van der Waals surface area (Å²) >= 11 is 3.31. The Kier molecular flexibility index (Phi) is 10.0. The Hall–Kier alpha value is -4.39. The highest BCUT2D eigenvalue weighted by molar-refractivity contribution is 9.10. The molecule has 0 radical (unpaired) electrons. The number of nitrogens with zero attached hydrogens (tertiary/aromatic N) is 1. The smallest absolute Gasteiger partial charge is 0.338 e. The number of hydrazone groups is 1. The monoisotopic (exact) mass is 602 g/mol. The fourth-order valence-corrected chi connectivity index (χ4v) is 4.07. The van der Waals surface area contributed by atoms with Crippen LogP contribution in [0, 0.1) is 0 Å². The van der Waals surface area contributed by atoms with Crippen molar-refractivity contribution in [2.45, 2.75) is 26.8 Å².